The standard InChI is InChI=1S/C17H21N5S2/c1-20(2)14-8-6-13(7-9-14)11-21(3)12-22-17(23)18-16(19-22)15-5-4-10-24-15/h4-10H,11-12H2,1-3H3,(H,18,19,23). The molecule has 0 unspecified atom stereocenters. The first kappa shape index (κ1) is 16.9. The van der Waals surface area contributed by atoms with Crippen LogP contribution in [0.25, 0.3) is 10.7 Å². The van der Waals surface area contributed by atoms with Gasteiger partial charge in [0.05, 0.1) is 11.5 Å². The van der Waals surface area contributed by atoms with Gasteiger partial charge in [0.1, 0.15) is 0 Å². The summed E-state index contributed by atoms with van der Waals surface area (Å²) >= 11 is 7.02. The van der Waals surface area contributed by atoms with E-state index in [0.29, 0.717) is 11.4 Å². The maximum Gasteiger partial charge on any atom is 0.217 e. The van der Waals surface area contributed by atoms with Crippen molar-refractivity contribution in [2.24, 2.45) is 0 Å². The van der Waals surface area contributed by atoms with Gasteiger partial charge in [-0.05, 0) is 48.4 Å². The second-order valence-corrected chi connectivity index (χ2v) is 7.29. The smallest absolute Gasteiger partial charge is 0.217 e. The molecule has 0 aliphatic rings. The van der Waals surface area contributed by atoms with Crippen molar-refractivity contribution < 1.29 is 0 Å². The Balaban J connectivity index is 1.66. The van der Waals surface area contributed by atoms with Crippen molar-refractivity contribution in [2.45, 2.75) is 13.2 Å². The molecule has 0 spiro atoms. The summed E-state index contributed by atoms with van der Waals surface area (Å²) in [6.45, 7) is 1.52. The number of rotatable bonds is 6. The normalized spacial score (nSPS) is 11.2. The molecule has 126 valence electrons. The lowest BCUT2D eigenvalue weighted by Crippen LogP contribution is -2.22. The molecule has 2 aromatic heterocycles. The molecule has 0 atom stereocenters. The lowest BCUT2D eigenvalue weighted by atomic mass is 10.2. The molecule has 1 aromatic carbocycles. The van der Waals surface area contributed by atoms with E-state index in [1.54, 1.807) is 11.3 Å². The Morgan fingerprint density at radius 3 is 2.54 bits per heavy atom. The van der Waals surface area contributed by atoms with Crippen molar-refractivity contribution >= 4 is 29.2 Å². The molecule has 2 heterocycles. The highest BCUT2D eigenvalue weighted by Crippen LogP contribution is 2.20. The molecule has 0 amide bonds. The fraction of sp³-hybridized carbons (Fsp3) is 0.294. The van der Waals surface area contributed by atoms with Crippen LogP contribution in [0.3, 0.4) is 0 Å². The Labute approximate surface area is 151 Å². The monoisotopic (exact) mass is 359 g/mol. The van der Waals surface area contributed by atoms with E-state index in [1.807, 2.05) is 36.3 Å². The van der Waals surface area contributed by atoms with Crippen molar-refractivity contribution in [2.75, 3.05) is 26.0 Å². The van der Waals surface area contributed by atoms with Crippen molar-refractivity contribution in [3.63, 3.8) is 0 Å². The van der Waals surface area contributed by atoms with Crippen LogP contribution in [-0.4, -0.2) is 40.8 Å². The molecule has 5 nitrogen and oxygen atoms in total. The van der Waals surface area contributed by atoms with Crippen LogP contribution in [-0.2, 0) is 13.2 Å². The van der Waals surface area contributed by atoms with Crippen molar-refractivity contribution in [3.8, 4) is 10.7 Å². The largest absolute Gasteiger partial charge is 0.378 e. The fourth-order valence-corrected chi connectivity index (χ4v) is 3.34. The number of hydrogen-bond acceptors (Lipinski definition) is 5. The van der Waals surface area contributed by atoms with Crippen LogP contribution in [0, 0.1) is 4.77 Å². The molecule has 7 heteroatoms. The van der Waals surface area contributed by atoms with Gasteiger partial charge >= 0.3 is 0 Å². The number of aromatic amines is 1. The second kappa shape index (κ2) is 7.29. The van der Waals surface area contributed by atoms with Gasteiger partial charge < -0.3 is 4.90 Å². The van der Waals surface area contributed by atoms with Crippen LogP contribution >= 0.6 is 23.6 Å². The third-order valence-electron chi connectivity index (χ3n) is 3.72. The summed E-state index contributed by atoms with van der Waals surface area (Å²) in [5.74, 6) is 0.832. The zero-order chi connectivity index (χ0) is 17.1. The zero-order valence-corrected chi connectivity index (χ0v) is 15.7. The van der Waals surface area contributed by atoms with Gasteiger partial charge in [0, 0.05) is 26.3 Å². The van der Waals surface area contributed by atoms with Crippen LogP contribution in [0.15, 0.2) is 41.8 Å². The van der Waals surface area contributed by atoms with Gasteiger partial charge in [-0.15, -0.1) is 11.3 Å². The molecule has 0 saturated carbocycles. The van der Waals surface area contributed by atoms with Gasteiger partial charge in [-0.2, -0.15) is 4.98 Å². The number of hydrogen-bond donors (Lipinski definition) is 1. The molecule has 0 fully saturated rings. The highest BCUT2D eigenvalue weighted by molar-refractivity contribution is 7.71. The third kappa shape index (κ3) is 3.92. The molecule has 24 heavy (non-hydrogen) atoms. The van der Waals surface area contributed by atoms with Crippen LogP contribution in [0.4, 0.5) is 5.69 Å². The van der Waals surface area contributed by atoms with E-state index in [9.17, 15) is 0 Å². The summed E-state index contributed by atoms with van der Waals surface area (Å²) in [6, 6.07) is 12.7. The van der Waals surface area contributed by atoms with Crippen LogP contribution < -0.4 is 4.90 Å². The molecular formula is C17H21N5S2. The minimum atomic E-state index is 0.577. The SMILES string of the molecule is CN(Cc1ccc(N(C)C)cc1)Cn1[nH]c(-c2cccs2)nc1=S. The summed E-state index contributed by atoms with van der Waals surface area (Å²) in [5.41, 5.74) is 2.48. The van der Waals surface area contributed by atoms with E-state index < -0.39 is 0 Å². The van der Waals surface area contributed by atoms with Gasteiger partial charge in [-0.1, -0.05) is 18.2 Å². The quantitative estimate of drug-likeness (QED) is 0.679. The molecule has 3 rings (SSSR count). The molecule has 3 aromatic rings. The first-order valence-electron chi connectivity index (χ1n) is 7.68. The molecule has 1 N–H and O–H groups in total. The summed E-state index contributed by atoms with van der Waals surface area (Å²) in [4.78, 5) is 9.85. The average Bonchev–Trinajstić information content (AvgIpc) is 3.18. The first-order valence-corrected chi connectivity index (χ1v) is 8.97. The van der Waals surface area contributed by atoms with Gasteiger partial charge in [-0.25, -0.2) is 4.68 Å². The highest BCUT2D eigenvalue weighted by atomic mass is 32.1. The van der Waals surface area contributed by atoms with Crippen molar-refractivity contribution in [1.29, 1.82) is 0 Å². The number of aromatic nitrogens is 3. The molecular weight excluding hydrogens is 338 g/mol. The molecule has 0 radical (unpaired) electrons. The second-order valence-electron chi connectivity index (χ2n) is 5.98. The number of anilines is 1. The lowest BCUT2D eigenvalue weighted by molar-refractivity contribution is 0.244. The first-order chi connectivity index (χ1) is 11.5. The van der Waals surface area contributed by atoms with Gasteiger partial charge in [0.15, 0.2) is 5.82 Å². The van der Waals surface area contributed by atoms with Crippen molar-refractivity contribution in [3.05, 3.63) is 52.1 Å². The predicted octanol–water partition coefficient (Wildman–Crippen LogP) is 3.82. The van der Waals surface area contributed by atoms with E-state index in [0.717, 1.165) is 17.2 Å². The summed E-state index contributed by atoms with van der Waals surface area (Å²) < 4.78 is 2.48. The molecule has 0 aliphatic heterocycles. The topological polar surface area (TPSA) is 40.1 Å². The van der Waals surface area contributed by atoms with E-state index in [2.05, 4.69) is 51.2 Å². The minimum absolute atomic E-state index is 0.577. The Bertz CT molecular complexity index is 831. The Morgan fingerprint density at radius 1 is 1.17 bits per heavy atom. The Hall–Kier alpha value is -1.96. The van der Waals surface area contributed by atoms with Crippen LogP contribution in [0.2, 0.25) is 0 Å². The van der Waals surface area contributed by atoms with Crippen molar-refractivity contribution in [1.82, 2.24) is 19.7 Å². The molecule has 0 saturated heterocycles. The van der Waals surface area contributed by atoms with E-state index >= 15 is 0 Å². The van der Waals surface area contributed by atoms with Gasteiger partial charge in [-0.3, -0.25) is 10.00 Å². The van der Waals surface area contributed by atoms with Crippen LogP contribution in [0.5, 0.6) is 0 Å². The number of nitrogens with zero attached hydrogens (tertiary/aromatic N) is 4. The average molecular weight is 360 g/mol. The number of H-pyrrole nitrogens is 1. The fourth-order valence-electron chi connectivity index (χ4n) is 2.48. The van der Waals surface area contributed by atoms with E-state index in [-0.39, 0.29) is 0 Å². The van der Waals surface area contributed by atoms with E-state index in [4.69, 9.17) is 12.2 Å². The zero-order valence-electron chi connectivity index (χ0n) is 14.1. The Morgan fingerprint density at radius 2 is 1.92 bits per heavy atom. The molecule has 0 aliphatic carbocycles. The maximum atomic E-state index is 5.37. The number of nitrogens with one attached hydrogen (secondary N) is 1. The van der Waals surface area contributed by atoms with Gasteiger partial charge in [0.25, 0.3) is 0 Å². The van der Waals surface area contributed by atoms with Gasteiger partial charge in [0.2, 0.25) is 4.77 Å². The number of benzene rings is 1. The number of thiophene rings is 1. The predicted molar refractivity (Wildman–Crippen MR) is 103 cm³/mol. The summed E-state index contributed by atoms with van der Waals surface area (Å²) in [5, 5.41) is 5.32. The van der Waals surface area contributed by atoms with E-state index in [1.165, 1.54) is 11.3 Å². The third-order valence-corrected chi connectivity index (χ3v) is 4.91. The van der Waals surface area contributed by atoms with Crippen LogP contribution in [0.1, 0.15) is 5.56 Å². The molecule has 0 bridgehead atoms. The maximum absolute atomic E-state index is 5.37. The Kier molecular flexibility index (Phi) is 5.13. The highest BCUT2D eigenvalue weighted by Gasteiger charge is 2.08. The summed E-state index contributed by atoms with van der Waals surface area (Å²) in [6.07, 6.45) is 0. The summed E-state index contributed by atoms with van der Waals surface area (Å²) in [7, 11) is 6.17. The lowest BCUT2D eigenvalue weighted by Gasteiger charge is -2.18. The minimum Gasteiger partial charge on any atom is -0.378 e.